The summed E-state index contributed by atoms with van der Waals surface area (Å²) in [7, 11) is 1.88. The fraction of sp³-hybridized carbons (Fsp3) is 1.00. The fourth-order valence-electron chi connectivity index (χ4n) is 2.65. The summed E-state index contributed by atoms with van der Waals surface area (Å²) in [5.41, 5.74) is 0. The second-order valence-electron chi connectivity index (χ2n) is 4.06. The molecule has 0 N–H and O–H groups in total. The van der Waals surface area contributed by atoms with Gasteiger partial charge in [-0.05, 0) is 24.7 Å². The van der Waals surface area contributed by atoms with E-state index >= 15 is 0 Å². The molecule has 2 unspecified atom stereocenters. The molecule has 0 amide bonds. The number of hydrogen-bond acceptors (Lipinski definition) is 1. The lowest BCUT2D eigenvalue weighted by atomic mass is 9.74. The first-order valence-corrected chi connectivity index (χ1v) is 4.94. The third-order valence-electron chi connectivity index (χ3n) is 3.56. The average Bonchev–Trinajstić information content (AvgIpc) is 2.32. The summed E-state index contributed by atoms with van der Waals surface area (Å²) < 4.78 is 5.48. The van der Waals surface area contributed by atoms with Crippen molar-refractivity contribution in [3.8, 4) is 0 Å². The minimum Gasteiger partial charge on any atom is -0.381 e. The van der Waals surface area contributed by atoms with E-state index in [1.165, 1.54) is 38.5 Å². The van der Waals surface area contributed by atoms with E-state index in [1.54, 1.807) is 0 Å². The van der Waals surface area contributed by atoms with Gasteiger partial charge in [0.1, 0.15) is 0 Å². The highest BCUT2D eigenvalue weighted by Crippen LogP contribution is 2.42. The molecule has 2 aliphatic rings. The standard InChI is InChI=1S/C10H18O/c1-11-10-7-3-6-9(10)8-4-2-5-8/h8-10H,2-7H2,1H3. The molecule has 0 aliphatic heterocycles. The van der Waals surface area contributed by atoms with Crippen molar-refractivity contribution in [2.24, 2.45) is 11.8 Å². The normalized spacial score (nSPS) is 39.0. The van der Waals surface area contributed by atoms with Crippen LogP contribution in [0.4, 0.5) is 0 Å². The van der Waals surface area contributed by atoms with Crippen LogP contribution in [0.15, 0.2) is 0 Å². The zero-order valence-corrected chi connectivity index (χ0v) is 7.38. The largest absolute Gasteiger partial charge is 0.381 e. The lowest BCUT2D eigenvalue weighted by Gasteiger charge is -2.34. The van der Waals surface area contributed by atoms with Gasteiger partial charge < -0.3 is 4.74 Å². The molecule has 1 heteroatoms. The molecule has 2 saturated carbocycles. The van der Waals surface area contributed by atoms with Crippen molar-refractivity contribution in [3.05, 3.63) is 0 Å². The van der Waals surface area contributed by atoms with Gasteiger partial charge in [-0.1, -0.05) is 25.7 Å². The molecule has 2 aliphatic carbocycles. The summed E-state index contributed by atoms with van der Waals surface area (Å²) >= 11 is 0. The van der Waals surface area contributed by atoms with Gasteiger partial charge in [-0.15, -0.1) is 0 Å². The van der Waals surface area contributed by atoms with Crippen LogP contribution in [0.3, 0.4) is 0 Å². The Morgan fingerprint density at radius 2 is 1.73 bits per heavy atom. The average molecular weight is 154 g/mol. The van der Waals surface area contributed by atoms with Crippen molar-refractivity contribution in [1.29, 1.82) is 0 Å². The number of rotatable bonds is 2. The minimum atomic E-state index is 0.611. The second kappa shape index (κ2) is 3.14. The van der Waals surface area contributed by atoms with Crippen molar-refractivity contribution in [3.63, 3.8) is 0 Å². The van der Waals surface area contributed by atoms with Gasteiger partial charge in [-0.2, -0.15) is 0 Å². The van der Waals surface area contributed by atoms with E-state index in [0.717, 1.165) is 11.8 Å². The van der Waals surface area contributed by atoms with Crippen LogP contribution in [0, 0.1) is 11.8 Å². The van der Waals surface area contributed by atoms with Gasteiger partial charge in [-0.25, -0.2) is 0 Å². The molecule has 2 atom stereocenters. The SMILES string of the molecule is COC1CCCC1C1CCC1. The molecular formula is C10H18O. The molecular weight excluding hydrogens is 136 g/mol. The first-order chi connectivity index (χ1) is 5.42. The predicted octanol–water partition coefficient (Wildman–Crippen LogP) is 2.60. The molecule has 0 radical (unpaired) electrons. The minimum absolute atomic E-state index is 0.611. The smallest absolute Gasteiger partial charge is 0.0602 e. The van der Waals surface area contributed by atoms with Crippen LogP contribution in [-0.4, -0.2) is 13.2 Å². The van der Waals surface area contributed by atoms with Gasteiger partial charge >= 0.3 is 0 Å². The van der Waals surface area contributed by atoms with Crippen LogP contribution in [-0.2, 0) is 4.74 Å². The molecule has 0 aromatic rings. The Bertz CT molecular complexity index is 129. The van der Waals surface area contributed by atoms with Gasteiger partial charge in [-0.3, -0.25) is 0 Å². The van der Waals surface area contributed by atoms with Crippen molar-refractivity contribution >= 4 is 0 Å². The highest BCUT2D eigenvalue weighted by Gasteiger charge is 2.36. The molecule has 0 spiro atoms. The van der Waals surface area contributed by atoms with Gasteiger partial charge in [0.05, 0.1) is 6.10 Å². The van der Waals surface area contributed by atoms with E-state index in [4.69, 9.17) is 4.74 Å². The van der Waals surface area contributed by atoms with E-state index in [9.17, 15) is 0 Å². The van der Waals surface area contributed by atoms with Crippen molar-refractivity contribution in [2.45, 2.75) is 44.6 Å². The number of ether oxygens (including phenoxy) is 1. The van der Waals surface area contributed by atoms with Crippen LogP contribution >= 0.6 is 0 Å². The lowest BCUT2D eigenvalue weighted by molar-refractivity contribution is 0.0278. The van der Waals surface area contributed by atoms with Crippen molar-refractivity contribution in [2.75, 3.05) is 7.11 Å². The highest BCUT2D eigenvalue weighted by molar-refractivity contribution is 4.87. The summed E-state index contributed by atoms with van der Waals surface area (Å²) in [6.45, 7) is 0. The van der Waals surface area contributed by atoms with E-state index in [1.807, 2.05) is 7.11 Å². The van der Waals surface area contributed by atoms with Crippen molar-refractivity contribution < 1.29 is 4.74 Å². The summed E-state index contributed by atoms with van der Waals surface area (Å²) in [4.78, 5) is 0. The summed E-state index contributed by atoms with van der Waals surface area (Å²) in [5.74, 6) is 1.95. The van der Waals surface area contributed by atoms with Crippen LogP contribution in [0.1, 0.15) is 38.5 Å². The van der Waals surface area contributed by atoms with E-state index in [-0.39, 0.29) is 0 Å². The molecule has 2 fully saturated rings. The third-order valence-corrected chi connectivity index (χ3v) is 3.56. The lowest BCUT2D eigenvalue weighted by Crippen LogP contribution is -2.28. The second-order valence-corrected chi connectivity index (χ2v) is 4.06. The van der Waals surface area contributed by atoms with Gasteiger partial charge in [0.25, 0.3) is 0 Å². The third kappa shape index (κ3) is 1.31. The number of hydrogen-bond donors (Lipinski definition) is 0. The number of methoxy groups -OCH3 is 1. The molecule has 11 heavy (non-hydrogen) atoms. The van der Waals surface area contributed by atoms with Crippen LogP contribution in [0.2, 0.25) is 0 Å². The maximum absolute atomic E-state index is 5.48. The quantitative estimate of drug-likeness (QED) is 0.594. The van der Waals surface area contributed by atoms with E-state index in [0.29, 0.717) is 6.10 Å². The molecule has 0 saturated heterocycles. The molecule has 0 aromatic heterocycles. The highest BCUT2D eigenvalue weighted by atomic mass is 16.5. The van der Waals surface area contributed by atoms with Crippen LogP contribution in [0.25, 0.3) is 0 Å². The first kappa shape index (κ1) is 7.60. The zero-order chi connectivity index (χ0) is 7.68. The molecule has 0 heterocycles. The van der Waals surface area contributed by atoms with Gasteiger partial charge in [0, 0.05) is 7.11 Å². The Hall–Kier alpha value is -0.0400. The maximum Gasteiger partial charge on any atom is 0.0602 e. The summed E-state index contributed by atoms with van der Waals surface area (Å²) in [6.07, 6.45) is 9.19. The molecule has 1 nitrogen and oxygen atoms in total. The molecule has 2 rings (SSSR count). The summed E-state index contributed by atoms with van der Waals surface area (Å²) in [5, 5.41) is 0. The van der Waals surface area contributed by atoms with E-state index in [2.05, 4.69) is 0 Å². The maximum atomic E-state index is 5.48. The Labute approximate surface area is 69.1 Å². The van der Waals surface area contributed by atoms with Crippen LogP contribution < -0.4 is 0 Å². The van der Waals surface area contributed by atoms with E-state index < -0.39 is 0 Å². The Morgan fingerprint density at radius 1 is 1.00 bits per heavy atom. The zero-order valence-electron chi connectivity index (χ0n) is 7.38. The monoisotopic (exact) mass is 154 g/mol. The van der Waals surface area contributed by atoms with Gasteiger partial charge in [0.2, 0.25) is 0 Å². The van der Waals surface area contributed by atoms with Crippen LogP contribution in [0.5, 0.6) is 0 Å². The molecule has 0 bridgehead atoms. The first-order valence-electron chi connectivity index (χ1n) is 4.94. The summed E-state index contributed by atoms with van der Waals surface area (Å²) in [6, 6.07) is 0. The van der Waals surface area contributed by atoms with Crippen molar-refractivity contribution in [1.82, 2.24) is 0 Å². The topological polar surface area (TPSA) is 9.23 Å². The Morgan fingerprint density at radius 3 is 2.27 bits per heavy atom. The van der Waals surface area contributed by atoms with Gasteiger partial charge in [0.15, 0.2) is 0 Å². The Kier molecular flexibility index (Phi) is 2.17. The molecule has 0 aromatic carbocycles. The fourth-order valence-corrected chi connectivity index (χ4v) is 2.65. The molecule has 64 valence electrons. The Balaban J connectivity index is 1.89. The predicted molar refractivity (Wildman–Crippen MR) is 45.5 cm³/mol.